The summed E-state index contributed by atoms with van der Waals surface area (Å²) >= 11 is 0. The van der Waals surface area contributed by atoms with Gasteiger partial charge in [0.15, 0.2) is 0 Å². The van der Waals surface area contributed by atoms with E-state index in [2.05, 4.69) is 6.92 Å². The van der Waals surface area contributed by atoms with Crippen molar-refractivity contribution in [1.29, 1.82) is 0 Å². The molecule has 0 unspecified atom stereocenters. The molecule has 3 heteroatoms. The highest BCUT2D eigenvalue weighted by molar-refractivity contribution is 5.77. The number of carbonyl (C=O) groups is 1. The first-order valence-corrected chi connectivity index (χ1v) is 7.16. The van der Waals surface area contributed by atoms with Gasteiger partial charge in [-0.2, -0.15) is 0 Å². The second-order valence-electron chi connectivity index (χ2n) is 5.09. The van der Waals surface area contributed by atoms with Crippen molar-refractivity contribution in [3.8, 4) is 11.5 Å². The molecular formula is C18H19FO2. The van der Waals surface area contributed by atoms with Gasteiger partial charge in [-0.05, 0) is 67.3 Å². The van der Waals surface area contributed by atoms with Crippen molar-refractivity contribution in [2.75, 3.05) is 0 Å². The predicted octanol–water partition coefficient (Wildman–Crippen LogP) is 5.08. The minimum Gasteiger partial charge on any atom is -0.457 e. The highest BCUT2D eigenvalue weighted by Gasteiger charge is 2.07. The van der Waals surface area contributed by atoms with Crippen LogP contribution in [0.2, 0.25) is 0 Å². The summed E-state index contributed by atoms with van der Waals surface area (Å²) in [5.41, 5.74) is 2.43. The van der Waals surface area contributed by atoms with E-state index in [-0.39, 0.29) is 5.82 Å². The largest absolute Gasteiger partial charge is 0.457 e. The number of benzene rings is 2. The van der Waals surface area contributed by atoms with Crippen LogP contribution < -0.4 is 4.74 Å². The Morgan fingerprint density at radius 1 is 1.19 bits per heavy atom. The molecule has 0 aliphatic rings. The molecule has 0 saturated heterocycles. The van der Waals surface area contributed by atoms with Crippen molar-refractivity contribution in [2.24, 2.45) is 0 Å². The maximum atomic E-state index is 13.1. The Kier molecular flexibility index (Phi) is 5.09. The highest BCUT2D eigenvalue weighted by atomic mass is 19.1. The van der Waals surface area contributed by atoms with Gasteiger partial charge < -0.3 is 4.74 Å². The van der Waals surface area contributed by atoms with E-state index in [9.17, 15) is 9.18 Å². The summed E-state index contributed by atoms with van der Waals surface area (Å²) in [5.74, 6) is 1.01. The Bertz CT molecular complexity index is 635. The number of rotatable bonds is 6. The SMILES string of the molecule is CCCCc1cc(Oc2ccc(F)cc2C)ccc1C=O. The van der Waals surface area contributed by atoms with E-state index in [1.54, 1.807) is 25.1 Å². The fraction of sp³-hybridized carbons (Fsp3) is 0.278. The quantitative estimate of drug-likeness (QED) is 0.692. The molecule has 0 radical (unpaired) electrons. The zero-order chi connectivity index (χ0) is 15.2. The van der Waals surface area contributed by atoms with Crippen LogP contribution in [-0.2, 0) is 6.42 Å². The van der Waals surface area contributed by atoms with E-state index >= 15 is 0 Å². The first-order chi connectivity index (χ1) is 10.1. The van der Waals surface area contributed by atoms with E-state index in [4.69, 9.17) is 4.74 Å². The minimum absolute atomic E-state index is 0.278. The standard InChI is InChI=1S/C18H19FO2/c1-3-4-5-14-11-17(8-6-15(14)12-20)21-18-9-7-16(19)10-13(18)2/h6-12H,3-5H2,1-2H3. The van der Waals surface area contributed by atoms with Crippen molar-refractivity contribution in [3.63, 3.8) is 0 Å². The molecule has 2 aromatic rings. The van der Waals surface area contributed by atoms with E-state index < -0.39 is 0 Å². The number of halogens is 1. The molecule has 2 rings (SSSR count). The average Bonchev–Trinajstić information content (AvgIpc) is 2.48. The summed E-state index contributed by atoms with van der Waals surface area (Å²) in [6.45, 7) is 3.92. The molecule has 2 nitrogen and oxygen atoms in total. The summed E-state index contributed by atoms with van der Waals surface area (Å²) in [5, 5.41) is 0. The normalized spacial score (nSPS) is 10.4. The number of ether oxygens (including phenoxy) is 1. The molecule has 0 aliphatic heterocycles. The molecule has 0 saturated carbocycles. The highest BCUT2D eigenvalue weighted by Crippen LogP contribution is 2.27. The molecule has 0 atom stereocenters. The second kappa shape index (κ2) is 7.02. The zero-order valence-electron chi connectivity index (χ0n) is 12.4. The Hall–Kier alpha value is -2.16. The molecule has 110 valence electrons. The molecule has 0 fully saturated rings. The average molecular weight is 286 g/mol. The number of carbonyl (C=O) groups excluding carboxylic acids is 1. The maximum absolute atomic E-state index is 13.1. The minimum atomic E-state index is -0.278. The lowest BCUT2D eigenvalue weighted by atomic mass is 10.0. The number of hydrogen-bond donors (Lipinski definition) is 0. The van der Waals surface area contributed by atoms with Gasteiger partial charge in [0.2, 0.25) is 0 Å². The van der Waals surface area contributed by atoms with Gasteiger partial charge in [0.1, 0.15) is 23.6 Å². The third kappa shape index (κ3) is 3.91. The third-order valence-electron chi connectivity index (χ3n) is 3.41. The molecule has 0 aliphatic carbocycles. The first-order valence-electron chi connectivity index (χ1n) is 7.16. The van der Waals surface area contributed by atoms with Crippen molar-refractivity contribution in [2.45, 2.75) is 33.1 Å². The lowest BCUT2D eigenvalue weighted by Crippen LogP contribution is -1.95. The maximum Gasteiger partial charge on any atom is 0.150 e. The van der Waals surface area contributed by atoms with E-state index in [1.165, 1.54) is 12.1 Å². The van der Waals surface area contributed by atoms with Crippen LogP contribution in [0.15, 0.2) is 36.4 Å². The van der Waals surface area contributed by atoms with Crippen LogP contribution in [0.4, 0.5) is 4.39 Å². The molecule has 2 aromatic carbocycles. The summed E-state index contributed by atoms with van der Waals surface area (Å²) in [7, 11) is 0. The topological polar surface area (TPSA) is 26.3 Å². The van der Waals surface area contributed by atoms with Crippen molar-refractivity contribution in [3.05, 3.63) is 58.9 Å². The first kappa shape index (κ1) is 15.2. The van der Waals surface area contributed by atoms with Crippen LogP contribution in [0.1, 0.15) is 41.3 Å². The van der Waals surface area contributed by atoms with Gasteiger partial charge in [-0.15, -0.1) is 0 Å². The molecule has 0 bridgehead atoms. The Morgan fingerprint density at radius 2 is 2.00 bits per heavy atom. The van der Waals surface area contributed by atoms with Gasteiger partial charge in [0.25, 0.3) is 0 Å². The van der Waals surface area contributed by atoms with E-state index in [0.717, 1.165) is 36.7 Å². The number of aldehydes is 1. The summed E-state index contributed by atoms with van der Waals surface area (Å²) < 4.78 is 18.9. The van der Waals surface area contributed by atoms with Gasteiger partial charge in [-0.1, -0.05) is 13.3 Å². The summed E-state index contributed by atoms with van der Waals surface area (Å²) in [6, 6.07) is 9.85. The van der Waals surface area contributed by atoms with Gasteiger partial charge >= 0.3 is 0 Å². The molecule has 0 spiro atoms. The Labute approximate surface area is 124 Å². The smallest absolute Gasteiger partial charge is 0.150 e. The van der Waals surface area contributed by atoms with Gasteiger partial charge in [-0.25, -0.2) is 4.39 Å². The molecule has 0 amide bonds. The van der Waals surface area contributed by atoms with E-state index in [0.29, 0.717) is 17.1 Å². The van der Waals surface area contributed by atoms with Crippen molar-refractivity contribution in [1.82, 2.24) is 0 Å². The molecule has 0 heterocycles. The van der Waals surface area contributed by atoms with Crippen LogP contribution in [0.5, 0.6) is 11.5 Å². The summed E-state index contributed by atoms with van der Waals surface area (Å²) in [4.78, 5) is 11.1. The van der Waals surface area contributed by atoms with Crippen molar-refractivity contribution >= 4 is 6.29 Å². The Balaban J connectivity index is 2.25. The number of hydrogen-bond acceptors (Lipinski definition) is 2. The van der Waals surface area contributed by atoms with Crippen LogP contribution in [0, 0.1) is 12.7 Å². The fourth-order valence-electron chi connectivity index (χ4n) is 2.20. The fourth-order valence-corrected chi connectivity index (χ4v) is 2.20. The molecule has 0 N–H and O–H groups in total. The van der Waals surface area contributed by atoms with E-state index in [1.807, 2.05) is 6.07 Å². The van der Waals surface area contributed by atoms with Crippen LogP contribution >= 0.6 is 0 Å². The zero-order valence-corrected chi connectivity index (χ0v) is 12.4. The van der Waals surface area contributed by atoms with Crippen LogP contribution in [-0.4, -0.2) is 6.29 Å². The Morgan fingerprint density at radius 3 is 2.67 bits per heavy atom. The molecule has 21 heavy (non-hydrogen) atoms. The summed E-state index contributed by atoms with van der Waals surface area (Å²) in [6.07, 6.45) is 3.82. The monoisotopic (exact) mass is 286 g/mol. The third-order valence-corrected chi connectivity index (χ3v) is 3.41. The number of aryl methyl sites for hydroxylation is 2. The number of unbranched alkanes of at least 4 members (excludes halogenated alkanes) is 1. The van der Waals surface area contributed by atoms with Gasteiger partial charge in [0.05, 0.1) is 0 Å². The lowest BCUT2D eigenvalue weighted by Gasteiger charge is -2.11. The van der Waals surface area contributed by atoms with Gasteiger partial charge in [0, 0.05) is 5.56 Å². The second-order valence-corrected chi connectivity index (χ2v) is 5.09. The van der Waals surface area contributed by atoms with Crippen LogP contribution in [0.3, 0.4) is 0 Å². The van der Waals surface area contributed by atoms with Crippen LogP contribution in [0.25, 0.3) is 0 Å². The molecular weight excluding hydrogens is 267 g/mol. The van der Waals surface area contributed by atoms with Gasteiger partial charge in [-0.3, -0.25) is 4.79 Å². The lowest BCUT2D eigenvalue weighted by molar-refractivity contribution is 0.112. The predicted molar refractivity (Wildman–Crippen MR) is 81.7 cm³/mol. The van der Waals surface area contributed by atoms with Crippen molar-refractivity contribution < 1.29 is 13.9 Å². The molecule has 0 aromatic heterocycles.